The van der Waals surface area contributed by atoms with Crippen LogP contribution in [-0.2, 0) is 11.3 Å². The maximum absolute atomic E-state index is 13.0. The van der Waals surface area contributed by atoms with E-state index in [2.05, 4.69) is 15.0 Å². The van der Waals surface area contributed by atoms with E-state index < -0.39 is 12.5 Å². The molecule has 1 saturated carbocycles. The van der Waals surface area contributed by atoms with Crippen LogP contribution in [0.4, 0.5) is 17.6 Å². The van der Waals surface area contributed by atoms with Gasteiger partial charge in [-0.25, -0.2) is 13.8 Å². The fourth-order valence-electron chi connectivity index (χ4n) is 2.56. The molecule has 0 unspecified atom stereocenters. The lowest BCUT2D eigenvalue weighted by Crippen LogP contribution is -2.29. The summed E-state index contributed by atoms with van der Waals surface area (Å²) in [6, 6.07) is 2.88. The Morgan fingerprint density at radius 2 is 2.09 bits per heavy atom. The predicted molar refractivity (Wildman–Crippen MR) is 74.2 cm³/mol. The molecule has 23 heavy (non-hydrogen) atoms. The molecule has 0 spiro atoms. The number of carbonyl (C=O) groups is 1. The molecule has 0 radical (unpaired) electrons. The first-order valence-corrected chi connectivity index (χ1v) is 7.38. The average molecular weight is 334 g/mol. The summed E-state index contributed by atoms with van der Waals surface area (Å²) in [6.07, 6.45) is 1.82. The molecule has 0 saturated heterocycles. The van der Waals surface area contributed by atoms with Gasteiger partial charge >= 0.3 is 6.61 Å². The molecule has 1 aliphatic rings. The summed E-state index contributed by atoms with van der Waals surface area (Å²) in [5.41, 5.74) is 0.569. The van der Waals surface area contributed by atoms with Gasteiger partial charge in [0.05, 0.1) is 0 Å². The lowest BCUT2D eigenvalue weighted by atomic mass is 9.84. The number of pyridine rings is 1. The fraction of sp³-hybridized carbons (Fsp3) is 0.600. The molecule has 0 atom stereocenters. The molecule has 2 rings (SSSR count). The van der Waals surface area contributed by atoms with Crippen LogP contribution in [0.15, 0.2) is 18.3 Å². The van der Waals surface area contributed by atoms with Crippen molar-refractivity contribution in [3.8, 4) is 5.88 Å². The molecule has 1 aromatic heterocycles. The van der Waals surface area contributed by atoms with E-state index in [0.717, 1.165) is 0 Å². The quantitative estimate of drug-likeness (QED) is 0.810. The Morgan fingerprint density at radius 3 is 2.74 bits per heavy atom. The molecule has 0 aromatic carbocycles. The second-order valence-corrected chi connectivity index (χ2v) is 5.66. The molecule has 1 amide bonds. The van der Waals surface area contributed by atoms with Gasteiger partial charge in [-0.2, -0.15) is 8.78 Å². The first-order chi connectivity index (χ1) is 10.8. The van der Waals surface area contributed by atoms with Gasteiger partial charge in [0.25, 0.3) is 0 Å². The number of aromatic nitrogens is 1. The van der Waals surface area contributed by atoms with Crippen molar-refractivity contribution in [2.75, 3.05) is 0 Å². The van der Waals surface area contributed by atoms with E-state index in [9.17, 15) is 22.4 Å². The van der Waals surface area contributed by atoms with E-state index in [4.69, 9.17) is 0 Å². The van der Waals surface area contributed by atoms with E-state index in [-0.39, 0.29) is 43.5 Å². The van der Waals surface area contributed by atoms with E-state index in [1.807, 2.05) is 0 Å². The van der Waals surface area contributed by atoms with Gasteiger partial charge in [0.2, 0.25) is 17.7 Å². The van der Waals surface area contributed by atoms with E-state index in [0.29, 0.717) is 18.4 Å². The van der Waals surface area contributed by atoms with Gasteiger partial charge in [-0.15, -0.1) is 0 Å². The van der Waals surface area contributed by atoms with Gasteiger partial charge in [-0.05, 0) is 30.4 Å². The molecule has 1 aromatic rings. The Labute approximate surface area is 131 Å². The molecular weight excluding hydrogens is 316 g/mol. The van der Waals surface area contributed by atoms with Gasteiger partial charge in [0, 0.05) is 38.1 Å². The largest absolute Gasteiger partial charge is 0.417 e. The van der Waals surface area contributed by atoms with Crippen LogP contribution in [0, 0.1) is 5.92 Å². The second kappa shape index (κ2) is 7.61. The van der Waals surface area contributed by atoms with Gasteiger partial charge in [-0.3, -0.25) is 4.79 Å². The number of carbonyl (C=O) groups excluding carboxylic acids is 1. The third-order valence-corrected chi connectivity index (χ3v) is 3.81. The van der Waals surface area contributed by atoms with Crippen LogP contribution in [0.1, 0.15) is 37.7 Å². The molecule has 0 aliphatic heterocycles. The highest BCUT2D eigenvalue weighted by Gasteiger charge is 2.35. The summed E-state index contributed by atoms with van der Waals surface area (Å²) in [4.78, 5) is 15.5. The standard InChI is InChI=1S/C15H18F4N2O2/c16-14(17)23-13-8-11(3-6-20-13)9-21-12(22)7-10-1-4-15(18,19)5-2-10/h3,6,8,10,14H,1-2,4-5,7,9H2,(H,21,22). The van der Waals surface area contributed by atoms with Crippen LogP contribution in [0.3, 0.4) is 0 Å². The Kier molecular flexibility index (Phi) is 5.79. The molecule has 8 heteroatoms. The molecule has 0 bridgehead atoms. The molecular formula is C15H18F4N2O2. The zero-order valence-electron chi connectivity index (χ0n) is 12.4. The minimum Gasteiger partial charge on any atom is -0.417 e. The number of halogens is 4. The first kappa shape index (κ1) is 17.5. The van der Waals surface area contributed by atoms with E-state index in [1.165, 1.54) is 12.3 Å². The van der Waals surface area contributed by atoms with Crippen molar-refractivity contribution in [3.05, 3.63) is 23.9 Å². The molecule has 1 aliphatic carbocycles. The summed E-state index contributed by atoms with van der Waals surface area (Å²) in [5.74, 6) is -3.11. The SMILES string of the molecule is O=C(CC1CCC(F)(F)CC1)NCc1ccnc(OC(F)F)c1. The number of nitrogens with zero attached hydrogens (tertiary/aromatic N) is 1. The smallest absolute Gasteiger partial charge is 0.388 e. The average Bonchev–Trinajstić information content (AvgIpc) is 2.47. The van der Waals surface area contributed by atoms with Crippen LogP contribution >= 0.6 is 0 Å². The van der Waals surface area contributed by atoms with Crippen LogP contribution in [0.25, 0.3) is 0 Å². The normalized spacial score (nSPS) is 18.0. The lowest BCUT2D eigenvalue weighted by molar-refractivity contribution is -0.123. The highest BCUT2D eigenvalue weighted by molar-refractivity contribution is 5.76. The van der Waals surface area contributed by atoms with Crippen LogP contribution in [0.2, 0.25) is 0 Å². The van der Waals surface area contributed by atoms with Crippen molar-refractivity contribution < 1.29 is 27.1 Å². The number of nitrogens with one attached hydrogen (secondary N) is 1. The lowest BCUT2D eigenvalue weighted by Gasteiger charge is -2.27. The van der Waals surface area contributed by atoms with Crippen molar-refractivity contribution in [1.29, 1.82) is 0 Å². The van der Waals surface area contributed by atoms with Gasteiger partial charge in [-0.1, -0.05) is 0 Å². The Hall–Kier alpha value is -1.86. The van der Waals surface area contributed by atoms with E-state index in [1.54, 1.807) is 6.07 Å². The molecule has 1 heterocycles. The Bertz CT molecular complexity index is 530. The topological polar surface area (TPSA) is 51.2 Å². The minimum atomic E-state index is -2.96. The van der Waals surface area contributed by atoms with Crippen molar-refractivity contribution in [2.24, 2.45) is 5.92 Å². The van der Waals surface area contributed by atoms with E-state index >= 15 is 0 Å². The van der Waals surface area contributed by atoms with Gasteiger partial charge < -0.3 is 10.1 Å². The van der Waals surface area contributed by atoms with Gasteiger partial charge in [0.1, 0.15) is 0 Å². The van der Waals surface area contributed by atoms with Crippen molar-refractivity contribution >= 4 is 5.91 Å². The highest BCUT2D eigenvalue weighted by Crippen LogP contribution is 2.37. The van der Waals surface area contributed by atoms with Crippen LogP contribution in [0.5, 0.6) is 5.88 Å². The molecule has 1 fully saturated rings. The summed E-state index contributed by atoms with van der Waals surface area (Å²) in [6.45, 7) is -2.82. The van der Waals surface area contributed by atoms with Gasteiger partial charge in [0.15, 0.2) is 0 Å². The maximum Gasteiger partial charge on any atom is 0.388 e. The molecule has 1 N–H and O–H groups in total. The molecule has 4 nitrogen and oxygen atoms in total. The van der Waals surface area contributed by atoms with Crippen LogP contribution in [-0.4, -0.2) is 23.4 Å². The Morgan fingerprint density at radius 1 is 1.39 bits per heavy atom. The molecule has 128 valence electrons. The third kappa shape index (κ3) is 6.03. The Balaban J connectivity index is 1.76. The minimum absolute atomic E-state index is 0.0372. The summed E-state index contributed by atoms with van der Waals surface area (Å²) in [5, 5.41) is 2.65. The fourth-order valence-corrected chi connectivity index (χ4v) is 2.56. The summed E-state index contributed by atoms with van der Waals surface area (Å²) >= 11 is 0. The number of rotatable bonds is 6. The third-order valence-electron chi connectivity index (χ3n) is 3.81. The number of alkyl halides is 4. The number of hydrogen-bond acceptors (Lipinski definition) is 3. The zero-order chi connectivity index (χ0) is 16.9. The summed E-state index contributed by atoms with van der Waals surface area (Å²) < 4.78 is 54.4. The first-order valence-electron chi connectivity index (χ1n) is 7.38. The number of amides is 1. The predicted octanol–water partition coefficient (Wildman–Crippen LogP) is 3.51. The number of ether oxygens (including phenoxy) is 1. The second-order valence-electron chi connectivity index (χ2n) is 5.66. The maximum atomic E-state index is 13.0. The van der Waals surface area contributed by atoms with Crippen molar-refractivity contribution in [2.45, 2.75) is 51.2 Å². The monoisotopic (exact) mass is 334 g/mol. The van der Waals surface area contributed by atoms with Crippen molar-refractivity contribution in [3.63, 3.8) is 0 Å². The number of hydrogen-bond donors (Lipinski definition) is 1. The van der Waals surface area contributed by atoms with Crippen LogP contribution < -0.4 is 10.1 Å². The highest BCUT2D eigenvalue weighted by atomic mass is 19.3. The summed E-state index contributed by atoms with van der Waals surface area (Å²) in [7, 11) is 0. The zero-order valence-corrected chi connectivity index (χ0v) is 12.4. The van der Waals surface area contributed by atoms with Crippen molar-refractivity contribution in [1.82, 2.24) is 10.3 Å².